The SMILES string of the molecule is C=C/C=C(/C)C(=C)F.Cc1ccccc1F. The predicted octanol–water partition coefficient (Wildman–Crippen LogP) is 4.74. The van der Waals surface area contributed by atoms with Gasteiger partial charge in [-0.15, -0.1) is 0 Å². The van der Waals surface area contributed by atoms with E-state index in [1.807, 2.05) is 6.07 Å². The van der Waals surface area contributed by atoms with Crippen LogP contribution < -0.4 is 0 Å². The van der Waals surface area contributed by atoms with E-state index in [2.05, 4.69) is 13.2 Å². The van der Waals surface area contributed by atoms with E-state index in [0.29, 0.717) is 11.1 Å². The molecule has 16 heavy (non-hydrogen) atoms. The molecule has 0 N–H and O–H groups in total. The average molecular weight is 222 g/mol. The van der Waals surface area contributed by atoms with Gasteiger partial charge in [0.15, 0.2) is 0 Å². The number of hydrogen-bond acceptors (Lipinski definition) is 0. The van der Waals surface area contributed by atoms with Gasteiger partial charge in [0.2, 0.25) is 0 Å². The molecule has 86 valence electrons. The van der Waals surface area contributed by atoms with Crippen LogP contribution in [0.25, 0.3) is 0 Å². The number of allylic oxidation sites excluding steroid dienone is 4. The molecule has 0 amide bonds. The minimum atomic E-state index is -0.398. The number of aryl methyl sites for hydroxylation is 1. The number of hydrogen-bond donors (Lipinski definition) is 0. The van der Waals surface area contributed by atoms with Crippen molar-refractivity contribution in [1.82, 2.24) is 0 Å². The van der Waals surface area contributed by atoms with E-state index in [0.717, 1.165) is 0 Å². The lowest BCUT2D eigenvalue weighted by molar-refractivity contribution is 0.618. The zero-order valence-corrected chi connectivity index (χ0v) is 9.63. The maximum absolute atomic E-state index is 12.3. The van der Waals surface area contributed by atoms with Gasteiger partial charge in [0.25, 0.3) is 0 Å². The first-order chi connectivity index (χ1) is 7.49. The van der Waals surface area contributed by atoms with Crippen molar-refractivity contribution in [3.05, 3.63) is 72.4 Å². The van der Waals surface area contributed by atoms with Crippen LogP contribution in [-0.2, 0) is 0 Å². The summed E-state index contributed by atoms with van der Waals surface area (Å²) in [5.74, 6) is -0.530. The Hall–Kier alpha value is -1.70. The first-order valence-electron chi connectivity index (χ1n) is 4.84. The fourth-order valence-corrected chi connectivity index (χ4v) is 0.818. The highest BCUT2D eigenvalue weighted by atomic mass is 19.1. The third-order valence-electron chi connectivity index (χ3n) is 1.87. The Kier molecular flexibility index (Phi) is 6.77. The highest BCUT2D eigenvalue weighted by molar-refractivity contribution is 5.23. The molecule has 1 aromatic carbocycles. The van der Waals surface area contributed by atoms with E-state index in [-0.39, 0.29) is 5.82 Å². The van der Waals surface area contributed by atoms with Gasteiger partial charge in [0.05, 0.1) is 0 Å². The first-order valence-corrected chi connectivity index (χ1v) is 4.84. The van der Waals surface area contributed by atoms with Crippen LogP contribution in [0.1, 0.15) is 12.5 Å². The second-order valence-corrected chi connectivity index (χ2v) is 3.24. The smallest absolute Gasteiger partial charge is 0.126 e. The Labute approximate surface area is 95.6 Å². The molecule has 0 aliphatic carbocycles. The summed E-state index contributed by atoms with van der Waals surface area (Å²) in [6.45, 7) is 9.88. The zero-order valence-electron chi connectivity index (χ0n) is 9.63. The molecule has 0 spiro atoms. The van der Waals surface area contributed by atoms with Crippen molar-refractivity contribution in [2.45, 2.75) is 13.8 Å². The van der Waals surface area contributed by atoms with Gasteiger partial charge in [-0.3, -0.25) is 0 Å². The molecular formula is C14H16F2. The molecule has 0 heterocycles. The molecule has 2 heteroatoms. The van der Waals surface area contributed by atoms with E-state index in [4.69, 9.17) is 0 Å². The van der Waals surface area contributed by atoms with Gasteiger partial charge in [-0.05, 0) is 31.1 Å². The highest BCUT2D eigenvalue weighted by Gasteiger charge is 1.89. The summed E-state index contributed by atoms with van der Waals surface area (Å²) >= 11 is 0. The highest BCUT2D eigenvalue weighted by Crippen LogP contribution is 2.06. The topological polar surface area (TPSA) is 0 Å². The summed E-state index contributed by atoms with van der Waals surface area (Å²) < 4.78 is 24.3. The van der Waals surface area contributed by atoms with E-state index >= 15 is 0 Å². The summed E-state index contributed by atoms with van der Waals surface area (Å²) in [6, 6.07) is 6.70. The van der Waals surface area contributed by atoms with E-state index in [1.54, 1.807) is 32.1 Å². The fourth-order valence-electron chi connectivity index (χ4n) is 0.818. The third-order valence-corrected chi connectivity index (χ3v) is 1.87. The van der Waals surface area contributed by atoms with Crippen LogP contribution in [0.15, 0.2) is 61.0 Å². The molecule has 0 nitrogen and oxygen atoms in total. The molecule has 1 rings (SSSR count). The maximum atomic E-state index is 12.3. The quantitative estimate of drug-likeness (QED) is 0.634. The minimum absolute atomic E-state index is 0.132. The largest absolute Gasteiger partial charge is 0.207 e. The molecule has 0 bridgehead atoms. The van der Waals surface area contributed by atoms with Gasteiger partial charge < -0.3 is 0 Å². The Morgan fingerprint density at radius 3 is 2.12 bits per heavy atom. The molecule has 0 atom stereocenters. The van der Waals surface area contributed by atoms with Crippen LogP contribution in [0.4, 0.5) is 8.78 Å². The van der Waals surface area contributed by atoms with Gasteiger partial charge in [0.1, 0.15) is 11.6 Å². The van der Waals surface area contributed by atoms with Gasteiger partial charge in [-0.25, -0.2) is 8.78 Å². The second kappa shape index (κ2) is 7.57. The molecule has 0 unspecified atom stereocenters. The Bertz CT molecular complexity index is 368. The summed E-state index contributed by atoms with van der Waals surface area (Å²) in [4.78, 5) is 0. The number of rotatable bonds is 2. The Morgan fingerprint density at radius 2 is 1.88 bits per heavy atom. The van der Waals surface area contributed by atoms with Crippen LogP contribution >= 0.6 is 0 Å². The van der Waals surface area contributed by atoms with Crippen LogP contribution in [0.3, 0.4) is 0 Å². The predicted molar refractivity (Wildman–Crippen MR) is 65.3 cm³/mol. The molecule has 0 fully saturated rings. The van der Waals surface area contributed by atoms with E-state index in [1.165, 1.54) is 12.1 Å². The fraction of sp³-hybridized carbons (Fsp3) is 0.143. The molecule has 0 aromatic heterocycles. The van der Waals surface area contributed by atoms with Crippen LogP contribution in [-0.4, -0.2) is 0 Å². The molecule has 0 aliphatic heterocycles. The van der Waals surface area contributed by atoms with Gasteiger partial charge in [0, 0.05) is 0 Å². The number of halogens is 2. The van der Waals surface area contributed by atoms with Crippen molar-refractivity contribution in [1.29, 1.82) is 0 Å². The lowest BCUT2D eigenvalue weighted by Gasteiger charge is -1.89. The van der Waals surface area contributed by atoms with Crippen molar-refractivity contribution >= 4 is 0 Å². The standard InChI is InChI=1S/C7H7F.C7H9F/c1-6-4-2-3-5-7(6)8;1-4-5-6(2)7(3)8/h2-5H,1H3;4-5H,1,3H2,2H3/b;6-5-. The Balaban J connectivity index is 0.000000281. The van der Waals surface area contributed by atoms with E-state index < -0.39 is 5.83 Å². The summed E-state index contributed by atoms with van der Waals surface area (Å²) in [7, 11) is 0. The molecular weight excluding hydrogens is 206 g/mol. The van der Waals surface area contributed by atoms with Gasteiger partial charge in [-0.2, -0.15) is 0 Å². The van der Waals surface area contributed by atoms with Crippen molar-refractivity contribution in [2.75, 3.05) is 0 Å². The Morgan fingerprint density at radius 1 is 1.31 bits per heavy atom. The second-order valence-electron chi connectivity index (χ2n) is 3.24. The zero-order chi connectivity index (χ0) is 12.6. The summed E-state index contributed by atoms with van der Waals surface area (Å²) in [5, 5.41) is 0. The molecule has 0 saturated carbocycles. The molecule has 0 radical (unpaired) electrons. The van der Waals surface area contributed by atoms with Crippen LogP contribution in [0.2, 0.25) is 0 Å². The lowest BCUT2D eigenvalue weighted by atomic mass is 10.2. The third kappa shape index (κ3) is 5.91. The summed E-state index contributed by atoms with van der Waals surface area (Å²) in [6.07, 6.45) is 3.10. The van der Waals surface area contributed by atoms with Crippen molar-refractivity contribution in [2.24, 2.45) is 0 Å². The van der Waals surface area contributed by atoms with Gasteiger partial charge >= 0.3 is 0 Å². The molecule has 1 aromatic rings. The summed E-state index contributed by atoms with van der Waals surface area (Å²) in [5.41, 5.74) is 1.23. The minimum Gasteiger partial charge on any atom is -0.207 e. The average Bonchev–Trinajstić information content (AvgIpc) is 2.24. The maximum Gasteiger partial charge on any atom is 0.126 e. The normalized spacial score (nSPS) is 10.1. The van der Waals surface area contributed by atoms with Crippen molar-refractivity contribution in [3.63, 3.8) is 0 Å². The van der Waals surface area contributed by atoms with Crippen molar-refractivity contribution < 1.29 is 8.78 Å². The van der Waals surface area contributed by atoms with Gasteiger partial charge in [-0.1, -0.05) is 43.5 Å². The molecule has 0 aliphatic rings. The first kappa shape index (κ1) is 14.3. The number of benzene rings is 1. The van der Waals surface area contributed by atoms with Crippen LogP contribution in [0, 0.1) is 12.7 Å². The lowest BCUT2D eigenvalue weighted by Crippen LogP contribution is -1.76. The van der Waals surface area contributed by atoms with Crippen molar-refractivity contribution in [3.8, 4) is 0 Å². The monoisotopic (exact) mass is 222 g/mol. The van der Waals surface area contributed by atoms with E-state index in [9.17, 15) is 8.78 Å². The molecule has 0 saturated heterocycles. The van der Waals surface area contributed by atoms with Crippen LogP contribution in [0.5, 0.6) is 0 Å².